The summed E-state index contributed by atoms with van der Waals surface area (Å²) < 4.78 is 50.6. The number of ether oxygens (including phenoxy) is 2. The van der Waals surface area contributed by atoms with Crippen molar-refractivity contribution in [1.82, 2.24) is 0 Å². The number of benzene rings is 2. The van der Waals surface area contributed by atoms with Crippen LogP contribution in [-0.2, 0) is 6.18 Å². The molecule has 0 aliphatic heterocycles. The molecular weight excluding hydrogens is 359 g/mol. The summed E-state index contributed by atoms with van der Waals surface area (Å²) in [6, 6.07) is 9.41. The van der Waals surface area contributed by atoms with E-state index < -0.39 is 23.2 Å². The Morgan fingerprint density at radius 1 is 0.963 bits per heavy atom. The van der Waals surface area contributed by atoms with E-state index in [1.807, 2.05) is 13.8 Å². The van der Waals surface area contributed by atoms with Gasteiger partial charge in [-0.3, -0.25) is 4.79 Å². The van der Waals surface area contributed by atoms with Crippen molar-refractivity contribution in [3.05, 3.63) is 53.6 Å². The minimum absolute atomic E-state index is 0.326. The highest BCUT2D eigenvalue weighted by Crippen LogP contribution is 2.33. The quantitative estimate of drug-likeness (QED) is 0.653. The molecule has 2 aromatic carbocycles. The number of carbonyl (C=O) groups is 1. The third kappa shape index (κ3) is 5.64. The molecule has 0 fully saturated rings. The van der Waals surface area contributed by atoms with Gasteiger partial charge in [-0.15, -0.1) is 0 Å². The van der Waals surface area contributed by atoms with E-state index in [0.29, 0.717) is 30.4 Å². The predicted molar refractivity (Wildman–Crippen MR) is 97.4 cm³/mol. The molecular formula is C20H22F3NO3. The number of hydrogen-bond acceptors (Lipinski definition) is 3. The van der Waals surface area contributed by atoms with Gasteiger partial charge in [0, 0.05) is 11.8 Å². The van der Waals surface area contributed by atoms with Gasteiger partial charge in [-0.05, 0) is 37.1 Å². The summed E-state index contributed by atoms with van der Waals surface area (Å²) >= 11 is 0. The Balaban J connectivity index is 2.25. The SMILES string of the molecule is CCCOc1ccc(NC(=O)c2ccccc2C(F)(F)F)cc1OCCC. The Hall–Kier alpha value is -2.70. The Labute approximate surface area is 156 Å². The van der Waals surface area contributed by atoms with Gasteiger partial charge in [0.25, 0.3) is 5.91 Å². The van der Waals surface area contributed by atoms with Crippen LogP contribution in [0.4, 0.5) is 18.9 Å². The van der Waals surface area contributed by atoms with E-state index in [0.717, 1.165) is 25.0 Å². The highest BCUT2D eigenvalue weighted by atomic mass is 19.4. The minimum Gasteiger partial charge on any atom is -0.490 e. The summed E-state index contributed by atoms with van der Waals surface area (Å²) in [5.74, 6) is 0.123. The molecule has 0 atom stereocenters. The normalized spacial score (nSPS) is 11.1. The molecule has 146 valence electrons. The van der Waals surface area contributed by atoms with Gasteiger partial charge in [-0.1, -0.05) is 26.0 Å². The fourth-order valence-corrected chi connectivity index (χ4v) is 2.37. The fraction of sp³-hybridized carbons (Fsp3) is 0.350. The molecule has 0 saturated heterocycles. The van der Waals surface area contributed by atoms with E-state index in [2.05, 4.69) is 5.32 Å². The summed E-state index contributed by atoms with van der Waals surface area (Å²) in [6.45, 7) is 4.88. The lowest BCUT2D eigenvalue weighted by atomic mass is 10.1. The van der Waals surface area contributed by atoms with Gasteiger partial charge in [-0.2, -0.15) is 13.2 Å². The molecule has 7 heteroatoms. The van der Waals surface area contributed by atoms with Crippen LogP contribution in [0, 0.1) is 0 Å². The van der Waals surface area contributed by atoms with Crippen LogP contribution in [0.15, 0.2) is 42.5 Å². The number of amides is 1. The summed E-state index contributed by atoms with van der Waals surface area (Å²) in [7, 11) is 0. The van der Waals surface area contributed by atoms with Crippen LogP contribution in [0.5, 0.6) is 11.5 Å². The average molecular weight is 381 g/mol. The summed E-state index contributed by atoms with van der Waals surface area (Å²) in [6.07, 6.45) is -3.01. The highest BCUT2D eigenvalue weighted by Gasteiger charge is 2.34. The zero-order valence-electron chi connectivity index (χ0n) is 15.2. The molecule has 0 aliphatic rings. The lowest BCUT2D eigenvalue weighted by Gasteiger charge is -2.15. The Morgan fingerprint density at radius 3 is 2.22 bits per heavy atom. The number of rotatable bonds is 8. The number of alkyl halides is 3. The van der Waals surface area contributed by atoms with Gasteiger partial charge in [0.1, 0.15) is 0 Å². The van der Waals surface area contributed by atoms with E-state index in [9.17, 15) is 18.0 Å². The topological polar surface area (TPSA) is 47.6 Å². The van der Waals surface area contributed by atoms with Crippen LogP contribution in [-0.4, -0.2) is 19.1 Å². The van der Waals surface area contributed by atoms with Gasteiger partial charge in [-0.25, -0.2) is 0 Å². The third-order valence-electron chi connectivity index (χ3n) is 3.60. The standard InChI is InChI=1S/C20H22F3NO3/c1-3-11-26-17-10-9-14(13-18(17)27-12-4-2)24-19(25)15-7-5-6-8-16(15)20(21,22)23/h5-10,13H,3-4,11-12H2,1-2H3,(H,24,25). The van der Waals surface area contributed by atoms with Crippen molar-refractivity contribution in [1.29, 1.82) is 0 Å². The number of halogens is 3. The van der Waals surface area contributed by atoms with Gasteiger partial charge in [0.05, 0.1) is 24.3 Å². The summed E-state index contributed by atoms with van der Waals surface area (Å²) in [5, 5.41) is 2.50. The van der Waals surface area contributed by atoms with E-state index in [-0.39, 0.29) is 0 Å². The monoisotopic (exact) mass is 381 g/mol. The number of hydrogen-bond donors (Lipinski definition) is 1. The second-order valence-electron chi connectivity index (χ2n) is 5.86. The predicted octanol–water partition coefficient (Wildman–Crippen LogP) is 5.54. The van der Waals surface area contributed by atoms with Gasteiger partial charge in [0.2, 0.25) is 0 Å². The molecule has 0 unspecified atom stereocenters. The van der Waals surface area contributed by atoms with Gasteiger partial charge in [0.15, 0.2) is 11.5 Å². The van der Waals surface area contributed by atoms with Crippen LogP contribution in [0.3, 0.4) is 0 Å². The first-order valence-electron chi connectivity index (χ1n) is 8.74. The lowest BCUT2D eigenvalue weighted by molar-refractivity contribution is -0.137. The first kappa shape index (κ1) is 20.6. The maximum absolute atomic E-state index is 13.1. The van der Waals surface area contributed by atoms with E-state index in [4.69, 9.17) is 9.47 Å². The molecule has 0 saturated carbocycles. The molecule has 27 heavy (non-hydrogen) atoms. The van der Waals surface area contributed by atoms with Gasteiger partial charge >= 0.3 is 6.18 Å². The van der Waals surface area contributed by atoms with Crippen molar-refractivity contribution in [3.8, 4) is 11.5 Å². The summed E-state index contributed by atoms with van der Waals surface area (Å²) in [4.78, 5) is 12.4. The van der Waals surface area contributed by atoms with Crippen LogP contribution < -0.4 is 14.8 Å². The van der Waals surface area contributed by atoms with Crippen molar-refractivity contribution in [2.24, 2.45) is 0 Å². The zero-order chi connectivity index (χ0) is 19.9. The highest BCUT2D eigenvalue weighted by molar-refractivity contribution is 6.05. The van der Waals surface area contributed by atoms with E-state index in [1.165, 1.54) is 12.1 Å². The minimum atomic E-state index is -4.61. The molecule has 0 radical (unpaired) electrons. The Kier molecular flexibility index (Phi) is 7.10. The van der Waals surface area contributed by atoms with E-state index >= 15 is 0 Å². The van der Waals surface area contributed by atoms with Gasteiger partial charge < -0.3 is 14.8 Å². The van der Waals surface area contributed by atoms with Crippen LogP contribution in [0.1, 0.15) is 42.6 Å². The average Bonchev–Trinajstić information content (AvgIpc) is 2.64. The Morgan fingerprint density at radius 2 is 1.59 bits per heavy atom. The molecule has 1 amide bonds. The molecule has 1 N–H and O–H groups in total. The molecule has 0 heterocycles. The Bertz CT molecular complexity index is 775. The zero-order valence-corrected chi connectivity index (χ0v) is 15.2. The molecule has 0 aromatic heterocycles. The number of anilines is 1. The second kappa shape index (κ2) is 9.30. The van der Waals surface area contributed by atoms with Crippen LogP contribution >= 0.6 is 0 Å². The first-order valence-corrected chi connectivity index (χ1v) is 8.74. The van der Waals surface area contributed by atoms with E-state index in [1.54, 1.807) is 18.2 Å². The van der Waals surface area contributed by atoms with Crippen molar-refractivity contribution in [2.75, 3.05) is 18.5 Å². The molecule has 0 spiro atoms. The number of carbonyl (C=O) groups excluding carboxylic acids is 1. The molecule has 4 nitrogen and oxygen atoms in total. The third-order valence-corrected chi connectivity index (χ3v) is 3.60. The van der Waals surface area contributed by atoms with Crippen molar-refractivity contribution < 1.29 is 27.4 Å². The summed E-state index contributed by atoms with van der Waals surface area (Å²) in [5.41, 5.74) is -1.09. The van der Waals surface area contributed by atoms with Crippen LogP contribution in [0.25, 0.3) is 0 Å². The lowest BCUT2D eigenvalue weighted by Crippen LogP contribution is -2.18. The first-order chi connectivity index (χ1) is 12.9. The maximum atomic E-state index is 13.1. The largest absolute Gasteiger partial charge is 0.490 e. The van der Waals surface area contributed by atoms with Crippen molar-refractivity contribution in [2.45, 2.75) is 32.9 Å². The maximum Gasteiger partial charge on any atom is 0.417 e. The number of nitrogens with one attached hydrogen (secondary N) is 1. The molecule has 2 aromatic rings. The molecule has 2 rings (SSSR count). The van der Waals surface area contributed by atoms with Crippen LogP contribution in [0.2, 0.25) is 0 Å². The molecule has 0 aliphatic carbocycles. The smallest absolute Gasteiger partial charge is 0.417 e. The fourth-order valence-electron chi connectivity index (χ4n) is 2.37. The van der Waals surface area contributed by atoms with Crippen molar-refractivity contribution >= 4 is 11.6 Å². The molecule has 0 bridgehead atoms. The van der Waals surface area contributed by atoms with Crippen molar-refractivity contribution in [3.63, 3.8) is 0 Å². The second-order valence-corrected chi connectivity index (χ2v) is 5.86.